The normalized spacial score (nSPS) is 18.0. The molecule has 1 N–H and O–H groups in total. The first kappa shape index (κ1) is 14.5. The molecule has 1 atom stereocenters. The number of carbonyl (C=O) groups excluding carboxylic acids is 1. The molecule has 1 aromatic heterocycles. The topological polar surface area (TPSA) is 58.1 Å². The van der Waals surface area contributed by atoms with Crippen LogP contribution >= 0.6 is 0 Å². The summed E-state index contributed by atoms with van der Waals surface area (Å²) < 4.78 is 0. The Bertz CT molecular complexity index is 627. The molecule has 2 aromatic rings. The first-order valence-corrected chi connectivity index (χ1v) is 7.66. The highest BCUT2D eigenvalue weighted by molar-refractivity contribution is 5.93. The van der Waals surface area contributed by atoms with Crippen molar-refractivity contribution < 1.29 is 4.79 Å². The summed E-state index contributed by atoms with van der Waals surface area (Å²) in [4.78, 5) is 22.8. The maximum atomic E-state index is 12.4. The van der Waals surface area contributed by atoms with E-state index in [0.29, 0.717) is 17.4 Å². The third-order valence-electron chi connectivity index (χ3n) is 3.87. The Morgan fingerprint density at radius 2 is 1.95 bits per heavy atom. The monoisotopic (exact) mass is 296 g/mol. The number of rotatable bonds is 3. The molecule has 1 aromatic carbocycles. The van der Waals surface area contributed by atoms with E-state index in [-0.39, 0.29) is 5.91 Å². The summed E-state index contributed by atoms with van der Waals surface area (Å²) in [6.07, 6.45) is 5.46. The van der Waals surface area contributed by atoms with Gasteiger partial charge in [-0.2, -0.15) is 0 Å². The molecule has 0 saturated carbocycles. The molecule has 5 heteroatoms. The molecule has 1 aliphatic rings. The number of para-hydroxylation sites is 1. The molecule has 1 amide bonds. The average molecular weight is 296 g/mol. The Hall–Kier alpha value is -2.43. The number of hydrogen-bond donors (Lipinski definition) is 1. The number of anilines is 2. The van der Waals surface area contributed by atoms with Crippen LogP contribution in [0.4, 0.5) is 11.6 Å². The van der Waals surface area contributed by atoms with E-state index < -0.39 is 0 Å². The highest BCUT2D eigenvalue weighted by atomic mass is 16.2. The highest BCUT2D eigenvalue weighted by Gasteiger charge is 2.22. The summed E-state index contributed by atoms with van der Waals surface area (Å²) in [5.41, 5.74) is 1.47. The van der Waals surface area contributed by atoms with Gasteiger partial charge in [0.25, 0.3) is 5.91 Å². The molecule has 22 heavy (non-hydrogen) atoms. The van der Waals surface area contributed by atoms with Crippen molar-refractivity contribution in [3.8, 4) is 0 Å². The third kappa shape index (κ3) is 3.42. The fraction of sp³-hybridized carbons (Fsp3) is 0.353. The smallest absolute Gasteiger partial charge is 0.257 e. The molecule has 5 nitrogen and oxygen atoms in total. The molecule has 1 saturated heterocycles. The zero-order chi connectivity index (χ0) is 15.4. The van der Waals surface area contributed by atoms with Crippen molar-refractivity contribution in [2.75, 3.05) is 18.4 Å². The van der Waals surface area contributed by atoms with E-state index >= 15 is 0 Å². The molecule has 1 aliphatic heterocycles. The van der Waals surface area contributed by atoms with Crippen LogP contribution in [0.15, 0.2) is 42.7 Å². The van der Waals surface area contributed by atoms with Gasteiger partial charge in [0.2, 0.25) is 5.95 Å². The van der Waals surface area contributed by atoms with Crippen molar-refractivity contribution in [3.63, 3.8) is 0 Å². The second-order valence-electron chi connectivity index (χ2n) is 5.78. The van der Waals surface area contributed by atoms with Crippen LogP contribution in [-0.4, -0.2) is 33.9 Å². The molecular formula is C17H20N4O. The lowest BCUT2D eigenvalue weighted by Gasteiger charge is -2.30. The van der Waals surface area contributed by atoms with E-state index in [1.54, 1.807) is 12.4 Å². The van der Waals surface area contributed by atoms with Gasteiger partial charge >= 0.3 is 0 Å². The lowest BCUT2D eigenvalue weighted by molar-refractivity contribution is 0.0682. The number of carbonyl (C=O) groups is 1. The molecule has 0 bridgehead atoms. The Morgan fingerprint density at radius 3 is 2.64 bits per heavy atom. The van der Waals surface area contributed by atoms with Crippen LogP contribution in [0, 0.1) is 5.92 Å². The molecule has 1 fully saturated rings. The first-order chi connectivity index (χ1) is 10.7. The maximum absolute atomic E-state index is 12.4. The van der Waals surface area contributed by atoms with E-state index in [1.807, 2.05) is 35.2 Å². The molecule has 114 valence electrons. The van der Waals surface area contributed by atoms with Gasteiger partial charge in [-0.25, -0.2) is 9.97 Å². The Morgan fingerprint density at radius 1 is 1.23 bits per heavy atom. The number of piperidine rings is 1. The average Bonchev–Trinajstić information content (AvgIpc) is 2.56. The summed E-state index contributed by atoms with van der Waals surface area (Å²) in [6.45, 7) is 3.83. The van der Waals surface area contributed by atoms with Crippen LogP contribution in [-0.2, 0) is 0 Å². The lowest BCUT2D eigenvalue weighted by Crippen LogP contribution is -2.39. The van der Waals surface area contributed by atoms with Gasteiger partial charge in [-0.3, -0.25) is 4.79 Å². The van der Waals surface area contributed by atoms with E-state index in [4.69, 9.17) is 0 Å². The molecule has 1 unspecified atom stereocenters. The van der Waals surface area contributed by atoms with E-state index in [9.17, 15) is 4.79 Å². The highest BCUT2D eigenvalue weighted by Crippen LogP contribution is 2.18. The minimum Gasteiger partial charge on any atom is -0.338 e. The van der Waals surface area contributed by atoms with Crippen molar-refractivity contribution in [1.29, 1.82) is 0 Å². The summed E-state index contributed by atoms with van der Waals surface area (Å²) >= 11 is 0. The van der Waals surface area contributed by atoms with Gasteiger partial charge in [-0.1, -0.05) is 25.1 Å². The molecule has 0 aliphatic carbocycles. The zero-order valence-corrected chi connectivity index (χ0v) is 12.7. The third-order valence-corrected chi connectivity index (χ3v) is 3.87. The maximum Gasteiger partial charge on any atom is 0.257 e. The Kier molecular flexibility index (Phi) is 4.32. The van der Waals surface area contributed by atoms with Gasteiger partial charge in [0.15, 0.2) is 0 Å². The van der Waals surface area contributed by atoms with Crippen molar-refractivity contribution in [2.24, 2.45) is 5.92 Å². The van der Waals surface area contributed by atoms with Gasteiger partial charge in [-0.15, -0.1) is 0 Å². The van der Waals surface area contributed by atoms with Gasteiger partial charge < -0.3 is 10.2 Å². The zero-order valence-electron chi connectivity index (χ0n) is 12.7. The predicted octanol–water partition coefficient (Wildman–Crippen LogP) is 3.09. The van der Waals surface area contributed by atoms with Crippen molar-refractivity contribution in [3.05, 3.63) is 48.3 Å². The molecular weight excluding hydrogens is 276 g/mol. The minimum absolute atomic E-state index is 0.0258. The Labute approximate surface area is 130 Å². The SMILES string of the molecule is CC1CCCN(C(=O)c2cnc(Nc3ccccc3)nc2)C1. The summed E-state index contributed by atoms with van der Waals surface area (Å²) in [6, 6.07) is 9.72. The number of nitrogens with zero attached hydrogens (tertiary/aromatic N) is 3. The molecule has 0 radical (unpaired) electrons. The fourth-order valence-corrected chi connectivity index (χ4v) is 2.71. The Balaban J connectivity index is 1.67. The fourth-order valence-electron chi connectivity index (χ4n) is 2.71. The van der Waals surface area contributed by atoms with Crippen LogP contribution < -0.4 is 5.32 Å². The number of amides is 1. The van der Waals surface area contributed by atoms with E-state index in [1.165, 1.54) is 6.42 Å². The number of nitrogens with one attached hydrogen (secondary N) is 1. The molecule has 0 spiro atoms. The van der Waals surface area contributed by atoms with Crippen LogP contribution in [0.3, 0.4) is 0 Å². The van der Waals surface area contributed by atoms with Crippen molar-refractivity contribution in [1.82, 2.24) is 14.9 Å². The van der Waals surface area contributed by atoms with Crippen LogP contribution in [0.25, 0.3) is 0 Å². The summed E-state index contributed by atoms with van der Waals surface area (Å²) in [5, 5.41) is 3.11. The second kappa shape index (κ2) is 6.56. The van der Waals surface area contributed by atoms with Crippen molar-refractivity contribution in [2.45, 2.75) is 19.8 Å². The lowest BCUT2D eigenvalue weighted by atomic mass is 10.00. The number of benzene rings is 1. The molecule has 2 heterocycles. The molecule has 3 rings (SSSR count). The van der Waals surface area contributed by atoms with Crippen LogP contribution in [0.2, 0.25) is 0 Å². The van der Waals surface area contributed by atoms with E-state index in [0.717, 1.165) is 25.2 Å². The largest absolute Gasteiger partial charge is 0.338 e. The minimum atomic E-state index is 0.0258. The predicted molar refractivity (Wildman–Crippen MR) is 86.1 cm³/mol. The van der Waals surface area contributed by atoms with Crippen molar-refractivity contribution >= 4 is 17.5 Å². The van der Waals surface area contributed by atoms with Crippen LogP contribution in [0.1, 0.15) is 30.1 Å². The number of likely N-dealkylation sites (tertiary alicyclic amines) is 1. The quantitative estimate of drug-likeness (QED) is 0.945. The van der Waals surface area contributed by atoms with Gasteiger partial charge in [0, 0.05) is 31.2 Å². The van der Waals surface area contributed by atoms with Gasteiger partial charge in [0.05, 0.1) is 5.56 Å². The van der Waals surface area contributed by atoms with Gasteiger partial charge in [0.1, 0.15) is 0 Å². The summed E-state index contributed by atoms with van der Waals surface area (Å²) in [7, 11) is 0. The summed E-state index contributed by atoms with van der Waals surface area (Å²) in [5.74, 6) is 1.09. The number of hydrogen-bond acceptors (Lipinski definition) is 4. The van der Waals surface area contributed by atoms with E-state index in [2.05, 4.69) is 22.2 Å². The number of aromatic nitrogens is 2. The van der Waals surface area contributed by atoms with Gasteiger partial charge in [-0.05, 0) is 30.9 Å². The standard InChI is InChI=1S/C17H20N4O/c1-13-6-5-9-21(12-13)16(22)14-10-18-17(19-11-14)20-15-7-3-2-4-8-15/h2-4,7-8,10-11,13H,5-6,9,12H2,1H3,(H,18,19,20). The van der Waals surface area contributed by atoms with Crippen LogP contribution in [0.5, 0.6) is 0 Å². The first-order valence-electron chi connectivity index (χ1n) is 7.66. The second-order valence-corrected chi connectivity index (χ2v) is 5.78.